The SMILES string of the molecule is CC1CCN(C(=O)c2ccc(CS(=O)(=O)c3ccccc3)cc2)C2CCCCC12. The van der Waals surface area contributed by atoms with Crippen LogP contribution in [0.2, 0.25) is 0 Å². The van der Waals surface area contributed by atoms with Gasteiger partial charge >= 0.3 is 0 Å². The Labute approximate surface area is 173 Å². The van der Waals surface area contributed by atoms with Crippen molar-refractivity contribution in [2.45, 2.75) is 55.7 Å². The highest BCUT2D eigenvalue weighted by atomic mass is 32.2. The summed E-state index contributed by atoms with van der Waals surface area (Å²) in [6, 6.07) is 16.0. The normalized spacial score (nSPS) is 24.7. The van der Waals surface area contributed by atoms with Crippen LogP contribution in [0.4, 0.5) is 0 Å². The number of amides is 1. The molecule has 154 valence electrons. The van der Waals surface area contributed by atoms with E-state index in [4.69, 9.17) is 0 Å². The van der Waals surface area contributed by atoms with Crippen LogP contribution in [-0.4, -0.2) is 31.8 Å². The van der Waals surface area contributed by atoms with E-state index in [1.165, 1.54) is 19.3 Å². The molecule has 2 aromatic carbocycles. The fraction of sp³-hybridized carbons (Fsp3) is 0.458. The molecule has 1 heterocycles. The summed E-state index contributed by atoms with van der Waals surface area (Å²) >= 11 is 0. The van der Waals surface area contributed by atoms with Crippen molar-refractivity contribution in [3.63, 3.8) is 0 Å². The number of likely N-dealkylation sites (tertiary alicyclic amines) is 1. The fourth-order valence-electron chi connectivity index (χ4n) is 5.01. The van der Waals surface area contributed by atoms with E-state index in [1.54, 1.807) is 54.6 Å². The van der Waals surface area contributed by atoms with Crippen molar-refractivity contribution in [3.05, 3.63) is 65.7 Å². The maximum Gasteiger partial charge on any atom is 0.254 e. The average Bonchev–Trinajstić information content (AvgIpc) is 2.75. The molecule has 1 amide bonds. The van der Waals surface area contributed by atoms with Crippen molar-refractivity contribution >= 4 is 15.7 Å². The Kier molecular flexibility index (Phi) is 5.77. The summed E-state index contributed by atoms with van der Waals surface area (Å²) in [5, 5.41) is 0. The molecule has 3 unspecified atom stereocenters. The molecule has 2 aliphatic rings. The molecular formula is C24H29NO3S. The van der Waals surface area contributed by atoms with Crippen LogP contribution in [0.25, 0.3) is 0 Å². The molecule has 0 N–H and O–H groups in total. The van der Waals surface area contributed by atoms with E-state index in [1.807, 2.05) is 0 Å². The molecule has 4 nitrogen and oxygen atoms in total. The van der Waals surface area contributed by atoms with E-state index in [2.05, 4.69) is 11.8 Å². The third-order valence-corrected chi connectivity index (χ3v) is 8.36. The fourth-order valence-corrected chi connectivity index (χ4v) is 6.38. The number of hydrogen-bond acceptors (Lipinski definition) is 3. The van der Waals surface area contributed by atoms with Gasteiger partial charge in [0.25, 0.3) is 5.91 Å². The smallest absolute Gasteiger partial charge is 0.254 e. The summed E-state index contributed by atoms with van der Waals surface area (Å²) in [6.45, 7) is 3.15. The Balaban J connectivity index is 1.48. The maximum absolute atomic E-state index is 13.2. The predicted octanol–water partition coefficient (Wildman–Crippen LogP) is 4.70. The second-order valence-corrected chi connectivity index (χ2v) is 10.5. The van der Waals surface area contributed by atoms with Gasteiger partial charge in [0, 0.05) is 18.2 Å². The van der Waals surface area contributed by atoms with Gasteiger partial charge in [-0.25, -0.2) is 8.42 Å². The molecule has 1 saturated carbocycles. The molecule has 1 aliphatic carbocycles. The lowest BCUT2D eigenvalue weighted by Gasteiger charge is -2.47. The van der Waals surface area contributed by atoms with Crippen LogP contribution < -0.4 is 0 Å². The molecular weight excluding hydrogens is 382 g/mol. The molecule has 0 aromatic heterocycles. The molecule has 1 aliphatic heterocycles. The number of fused-ring (bicyclic) bond motifs is 1. The number of hydrogen-bond donors (Lipinski definition) is 0. The Hall–Kier alpha value is -2.14. The van der Waals surface area contributed by atoms with E-state index in [0.29, 0.717) is 33.9 Å². The first-order chi connectivity index (χ1) is 14.0. The van der Waals surface area contributed by atoms with E-state index >= 15 is 0 Å². The number of sulfone groups is 1. The van der Waals surface area contributed by atoms with Crippen molar-refractivity contribution in [1.82, 2.24) is 4.90 Å². The third kappa shape index (κ3) is 4.25. The zero-order valence-electron chi connectivity index (χ0n) is 17.0. The van der Waals surface area contributed by atoms with Crippen molar-refractivity contribution in [2.24, 2.45) is 11.8 Å². The zero-order valence-corrected chi connectivity index (χ0v) is 17.8. The topological polar surface area (TPSA) is 54.5 Å². The number of carbonyl (C=O) groups is 1. The highest BCUT2D eigenvalue weighted by Crippen LogP contribution is 2.39. The molecule has 0 spiro atoms. The van der Waals surface area contributed by atoms with Crippen molar-refractivity contribution in [2.75, 3.05) is 6.54 Å². The van der Waals surface area contributed by atoms with Crippen LogP contribution in [0.15, 0.2) is 59.5 Å². The number of benzene rings is 2. The van der Waals surface area contributed by atoms with Crippen LogP contribution >= 0.6 is 0 Å². The van der Waals surface area contributed by atoms with Crippen LogP contribution in [0.1, 0.15) is 54.9 Å². The molecule has 0 bridgehead atoms. The summed E-state index contributed by atoms with van der Waals surface area (Å²) in [7, 11) is -3.38. The second kappa shape index (κ2) is 8.31. The molecule has 0 radical (unpaired) electrons. The molecule has 4 rings (SSSR count). The maximum atomic E-state index is 13.2. The van der Waals surface area contributed by atoms with Gasteiger partial charge in [-0.1, -0.05) is 50.1 Å². The minimum absolute atomic E-state index is 0.0581. The Morgan fingerprint density at radius 1 is 0.966 bits per heavy atom. The second-order valence-electron chi connectivity index (χ2n) is 8.55. The predicted molar refractivity (Wildman–Crippen MR) is 114 cm³/mol. The first kappa shape index (κ1) is 20.1. The van der Waals surface area contributed by atoms with E-state index < -0.39 is 9.84 Å². The molecule has 1 saturated heterocycles. The van der Waals surface area contributed by atoms with Gasteiger partial charge in [-0.3, -0.25) is 4.79 Å². The first-order valence-corrected chi connectivity index (χ1v) is 12.3. The van der Waals surface area contributed by atoms with Gasteiger partial charge in [0.2, 0.25) is 0 Å². The number of nitrogens with zero attached hydrogens (tertiary/aromatic N) is 1. The van der Waals surface area contributed by atoms with Crippen LogP contribution in [0.5, 0.6) is 0 Å². The van der Waals surface area contributed by atoms with Gasteiger partial charge in [0.1, 0.15) is 0 Å². The zero-order chi connectivity index (χ0) is 20.4. The van der Waals surface area contributed by atoms with Gasteiger partial charge < -0.3 is 4.90 Å². The van der Waals surface area contributed by atoms with Crippen molar-refractivity contribution in [1.29, 1.82) is 0 Å². The molecule has 29 heavy (non-hydrogen) atoms. The van der Waals surface area contributed by atoms with Gasteiger partial charge in [0.15, 0.2) is 9.84 Å². The van der Waals surface area contributed by atoms with Gasteiger partial charge in [-0.2, -0.15) is 0 Å². The number of piperidine rings is 1. The van der Waals surface area contributed by atoms with Crippen LogP contribution in [0.3, 0.4) is 0 Å². The molecule has 2 aromatic rings. The largest absolute Gasteiger partial charge is 0.335 e. The first-order valence-electron chi connectivity index (χ1n) is 10.6. The van der Waals surface area contributed by atoms with Crippen LogP contribution in [-0.2, 0) is 15.6 Å². The van der Waals surface area contributed by atoms with Crippen molar-refractivity contribution < 1.29 is 13.2 Å². The van der Waals surface area contributed by atoms with Crippen LogP contribution in [0, 0.1) is 11.8 Å². The highest BCUT2D eigenvalue weighted by molar-refractivity contribution is 7.90. The summed E-state index contributed by atoms with van der Waals surface area (Å²) in [5.74, 6) is 1.34. The summed E-state index contributed by atoms with van der Waals surface area (Å²) < 4.78 is 25.2. The Bertz CT molecular complexity index is 953. The lowest BCUT2D eigenvalue weighted by Crippen LogP contribution is -2.52. The summed E-state index contributed by atoms with van der Waals surface area (Å²) in [5.41, 5.74) is 1.36. The van der Waals surface area contributed by atoms with E-state index in [9.17, 15) is 13.2 Å². The molecule has 5 heteroatoms. The summed E-state index contributed by atoms with van der Waals surface area (Å²) in [6.07, 6.45) is 5.88. The number of rotatable bonds is 4. The lowest BCUT2D eigenvalue weighted by molar-refractivity contribution is 0.0218. The minimum Gasteiger partial charge on any atom is -0.335 e. The number of carbonyl (C=O) groups excluding carboxylic acids is 1. The van der Waals surface area contributed by atoms with Crippen molar-refractivity contribution in [3.8, 4) is 0 Å². The highest BCUT2D eigenvalue weighted by Gasteiger charge is 2.39. The lowest BCUT2D eigenvalue weighted by atomic mass is 9.72. The third-order valence-electron chi connectivity index (χ3n) is 6.66. The van der Waals surface area contributed by atoms with E-state index in [-0.39, 0.29) is 11.7 Å². The van der Waals surface area contributed by atoms with Gasteiger partial charge in [0.05, 0.1) is 10.6 Å². The minimum atomic E-state index is -3.38. The summed E-state index contributed by atoms with van der Waals surface area (Å²) in [4.78, 5) is 15.6. The standard InChI is InChI=1S/C24H29NO3S/c1-18-15-16-25(23-10-6-5-9-22(18)23)24(26)20-13-11-19(12-14-20)17-29(27,28)21-7-3-2-4-8-21/h2-4,7-8,11-14,18,22-23H,5-6,9-10,15-17H2,1H3. The quantitative estimate of drug-likeness (QED) is 0.733. The molecule has 2 fully saturated rings. The van der Waals surface area contributed by atoms with Gasteiger partial charge in [-0.15, -0.1) is 0 Å². The van der Waals surface area contributed by atoms with Gasteiger partial charge in [-0.05, 0) is 60.9 Å². The monoisotopic (exact) mass is 411 g/mol. The molecule has 3 atom stereocenters. The van der Waals surface area contributed by atoms with E-state index in [0.717, 1.165) is 19.4 Å². The Morgan fingerprint density at radius 3 is 2.38 bits per heavy atom. The Morgan fingerprint density at radius 2 is 1.66 bits per heavy atom. The average molecular weight is 412 g/mol.